The van der Waals surface area contributed by atoms with Gasteiger partial charge in [-0.15, -0.1) is 0 Å². The number of aromatic amines is 1. The van der Waals surface area contributed by atoms with Crippen molar-refractivity contribution in [3.8, 4) is 0 Å². The normalized spacial score (nSPS) is 16.5. The number of fused-ring (bicyclic) bond motifs is 1. The first-order chi connectivity index (χ1) is 11.0. The van der Waals surface area contributed by atoms with Crippen LogP contribution in [0.5, 0.6) is 0 Å². The van der Waals surface area contributed by atoms with Gasteiger partial charge >= 0.3 is 156 Å². The minimum absolute atomic E-state index is 0. The molecule has 0 saturated carbocycles. The maximum atomic E-state index is 3.79. The van der Waals surface area contributed by atoms with Crippen molar-refractivity contribution in [2.24, 2.45) is 5.41 Å². The standard InChI is InChI=1S/C12H14N.C10H15.2ClH.Ti/c1-12(2,3)10-8-13-11-7-5-4-6-9(10)11;1-7-6-10(4,5)9(3)8(7)2;;;/h4-7,13H,1-3H3;1-5H3;2*1H;/q;;;;+2/p-2. The molecule has 0 amide bonds. The van der Waals surface area contributed by atoms with Gasteiger partial charge in [-0.05, 0) is 0 Å². The van der Waals surface area contributed by atoms with Gasteiger partial charge in [0.25, 0.3) is 0 Å². The number of hydrogen-bond donors (Lipinski definition) is 1. The average Bonchev–Trinajstić information content (AvgIpc) is 2.93. The third kappa shape index (κ3) is 3.74. The Morgan fingerprint density at radius 2 is 1.50 bits per heavy atom. The summed E-state index contributed by atoms with van der Waals surface area (Å²) < 4.78 is 3.20. The molecule has 0 bridgehead atoms. The van der Waals surface area contributed by atoms with Gasteiger partial charge in [0.05, 0.1) is 0 Å². The number of para-hydroxylation sites is 1. The maximum absolute atomic E-state index is 3.79. The number of allylic oxidation sites excluding steroid dienone is 4. The first kappa shape index (κ1) is 23.6. The molecule has 0 spiro atoms. The predicted molar refractivity (Wildman–Crippen MR) is 101 cm³/mol. The second kappa shape index (κ2) is 7.88. The molecule has 1 aliphatic carbocycles. The molecule has 0 unspecified atom stereocenters. The van der Waals surface area contributed by atoms with E-state index in [-0.39, 0.29) is 54.8 Å². The zero-order chi connectivity index (χ0) is 17.9. The first-order valence-corrected chi connectivity index (χ1v) is 10.4. The van der Waals surface area contributed by atoms with Crippen LogP contribution < -0.4 is 28.8 Å². The molecule has 1 nitrogen and oxygen atoms in total. The Balaban J connectivity index is 0.00000169. The Kier molecular flexibility index (Phi) is 7.14. The molecule has 1 N–H and O–H groups in total. The molecule has 140 valence electrons. The molecule has 0 radical (unpaired) electrons. The summed E-state index contributed by atoms with van der Waals surface area (Å²) in [7, 11) is 0. The van der Waals surface area contributed by atoms with Crippen LogP contribution in [0.1, 0.15) is 61.0 Å². The Morgan fingerprint density at radius 3 is 2.00 bits per heavy atom. The molecular formula is C22H29Cl2NTi. The quantitative estimate of drug-likeness (QED) is 0.643. The van der Waals surface area contributed by atoms with Gasteiger partial charge in [0, 0.05) is 0 Å². The van der Waals surface area contributed by atoms with Crippen LogP contribution in [0.3, 0.4) is 0 Å². The van der Waals surface area contributed by atoms with Crippen molar-refractivity contribution in [1.29, 1.82) is 0 Å². The zero-order valence-electron chi connectivity index (χ0n) is 17.1. The van der Waals surface area contributed by atoms with Gasteiger partial charge in [0.15, 0.2) is 0 Å². The van der Waals surface area contributed by atoms with Gasteiger partial charge in [0.2, 0.25) is 0 Å². The van der Waals surface area contributed by atoms with Gasteiger partial charge in [-0.25, -0.2) is 0 Å². The van der Waals surface area contributed by atoms with E-state index in [2.05, 4.69) is 84.6 Å². The number of benzene rings is 1. The fourth-order valence-corrected chi connectivity index (χ4v) is 7.04. The largest absolute Gasteiger partial charge is 1.00 e. The van der Waals surface area contributed by atoms with Crippen molar-refractivity contribution < 1.29 is 44.0 Å². The van der Waals surface area contributed by atoms with Gasteiger partial charge in [-0.2, -0.15) is 0 Å². The second-order valence-corrected chi connectivity index (χ2v) is 10.6. The molecule has 2 aromatic rings. The summed E-state index contributed by atoms with van der Waals surface area (Å²) in [5.41, 5.74) is 7.77. The van der Waals surface area contributed by atoms with Crippen molar-refractivity contribution in [2.45, 2.75) is 60.8 Å². The van der Waals surface area contributed by atoms with Crippen LogP contribution in [-0.2, 0) is 24.6 Å². The second-order valence-electron chi connectivity index (χ2n) is 8.67. The fourth-order valence-electron chi connectivity index (χ4n) is 3.98. The van der Waals surface area contributed by atoms with Crippen LogP contribution in [-0.4, -0.2) is 4.98 Å². The van der Waals surface area contributed by atoms with Crippen LogP contribution in [0.4, 0.5) is 0 Å². The number of rotatable bonds is 2. The summed E-state index contributed by atoms with van der Waals surface area (Å²) in [6.07, 6.45) is 0. The number of H-pyrrole nitrogens is 1. The van der Waals surface area contributed by atoms with E-state index < -0.39 is 0 Å². The molecule has 1 aliphatic rings. The summed E-state index contributed by atoms with van der Waals surface area (Å²) in [4.78, 5) is 3.79. The topological polar surface area (TPSA) is 15.8 Å². The van der Waals surface area contributed by atoms with Crippen LogP contribution in [0.2, 0.25) is 0 Å². The van der Waals surface area contributed by atoms with Gasteiger partial charge < -0.3 is 24.8 Å². The molecule has 4 heteroatoms. The van der Waals surface area contributed by atoms with Crippen LogP contribution >= 0.6 is 0 Å². The first-order valence-electron chi connectivity index (χ1n) is 8.83. The molecule has 0 aliphatic heterocycles. The molecule has 26 heavy (non-hydrogen) atoms. The van der Waals surface area contributed by atoms with E-state index in [9.17, 15) is 0 Å². The molecule has 3 rings (SSSR count). The molecular weight excluding hydrogens is 397 g/mol. The van der Waals surface area contributed by atoms with Gasteiger partial charge in [0.1, 0.15) is 0 Å². The molecule has 1 aromatic heterocycles. The van der Waals surface area contributed by atoms with E-state index >= 15 is 0 Å². The van der Waals surface area contributed by atoms with Crippen molar-refractivity contribution >= 4 is 14.9 Å². The molecule has 0 saturated heterocycles. The third-order valence-corrected chi connectivity index (χ3v) is 8.70. The Morgan fingerprint density at radius 1 is 0.923 bits per heavy atom. The SMILES string of the molecule is CC1=C(C)C(C)(C)[C]([Ti+2][c]2[nH]c3ccccc3c2C(C)(C)C)=C1C.[Cl-].[Cl-]. The van der Waals surface area contributed by atoms with E-state index in [0.29, 0.717) is 0 Å². The van der Waals surface area contributed by atoms with E-state index in [4.69, 9.17) is 0 Å². The Labute approximate surface area is 179 Å². The average molecular weight is 426 g/mol. The molecule has 0 fully saturated rings. The maximum Gasteiger partial charge on any atom is -1.00 e. The van der Waals surface area contributed by atoms with Crippen LogP contribution in [0.15, 0.2) is 44.9 Å². The summed E-state index contributed by atoms with van der Waals surface area (Å²) in [5.74, 6) is 0. The molecule has 1 heterocycles. The fraction of sp³-hybridized carbons (Fsp3) is 0.455. The number of hydrogen-bond acceptors (Lipinski definition) is 0. The van der Waals surface area contributed by atoms with E-state index in [1.807, 2.05) is 0 Å². The summed E-state index contributed by atoms with van der Waals surface area (Å²) in [6, 6.07) is 8.79. The van der Waals surface area contributed by atoms with Crippen LogP contribution in [0.25, 0.3) is 10.9 Å². The minimum Gasteiger partial charge on any atom is -1.00 e. The Bertz CT molecular complexity index is 879. The zero-order valence-corrected chi connectivity index (χ0v) is 20.1. The number of nitrogens with one attached hydrogen (secondary N) is 1. The molecule has 1 aromatic carbocycles. The monoisotopic (exact) mass is 425 g/mol. The van der Waals surface area contributed by atoms with Crippen molar-refractivity contribution in [1.82, 2.24) is 4.98 Å². The summed E-state index contributed by atoms with van der Waals surface area (Å²) in [5, 5.41) is 1.40. The van der Waals surface area contributed by atoms with E-state index in [0.717, 1.165) is 0 Å². The van der Waals surface area contributed by atoms with Crippen molar-refractivity contribution in [3.05, 3.63) is 50.4 Å². The van der Waals surface area contributed by atoms with Crippen molar-refractivity contribution in [2.75, 3.05) is 0 Å². The smallest absolute Gasteiger partial charge is 1.00 e. The molecule has 0 atom stereocenters. The Hall–Kier alpha value is -0.466. The van der Waals surface area contributed by atoms with E-state index in [1.165, 1.54) is 31.6 Å². The van der Waals surface area contributed by atoms with Gasteiger partial charge in [-0.1, -0.05) is 0 Å². The predicted octanol–water partition coefficient (Wildman–Crippen LogP) is -0.169. The minimum atomic E-state index is -0.381. The number of halogens is 2. The third-order valence-electron chi connectivity index (χ3n) is 5.77. The van der Waals surface area contributed by atoms with Gasteiger partial charge in [-0.3, -0.25) is 0 Å². The van der Waals surface area contributed by atoms with E-state index in [1.54, 1.807) is 9.45 Å². The number of aromatic nitrogens is 1. The van der Waals surface area contributed by atoms with Crippen LogP contribution in [0, 0.1) is 5.41 Å². The summed E-state index contributed by atoms with van der Waals surface area (Å²) >= 11 is -0.381. The summed E-state index contributed by atoms with van der Waals surface area (Å²) in [6.45, 7) is 18.8. The van der Waals surface area contributed by atoms with Crippen molar-refractivity contribution in [3.63, 3.8) is 0 Å².